The van der Waals surface area contributed by atoms with E-state index in [-0.39, 0.29) is 66.7 Å². The van der Waals surface area contributed by atoms with Gasteiger partial charge in [0.2, 0.25) is 11.8 Å². The zero-order chi connectivity index (χ0) is 36.2. The summed E-state index contributed by atoms with van der Waals surface area (Å²) < 4.78 is 24.8. The smallest absolute Gasteiger partial charge is 0.318 e. The number of hydrogen-bond acceptors (Lipinski definition) is 10. The predicted molar refractivity (Wildman–Crippen MR) is 193 cm³/mol. The van der Waals surface area contributed by atoms with Crippen molar-refractivity contribution in [1.29, 1.82) is 0 Å². The van der Waals surface area contributed by atoms with Crippen LogP contribution in [0.15, 0.2) is 97.1 Å². The summed E-state index contributed by atoms with van der Waals surface area (Å²) in [5.41, 5.74) is 9.48. The van der Waals surface area contributed by atoms with Gasteiger partial charge >= 0.3 is 11.9 Å². The van der Waals surface area contributed by atoms with Crippen molar-refractivity contribution in [2.75, 3.05) is 28.4 Å². The molecule has 52 heavy (non-hydrogen) atoms. The van der Waals surface area contributed by atoms with Gasteiger partial charge in [-0.2, -0.15) is 0 Å². The Morgan fingerprint density at radius 2 is 0.827 bits per heavy atom. The van der Waals surface area contributed by atoms with Gasteiger partial charge < -0.3 is 29.4 Å². The van der Waals surface area contributed by atoms with Gasteiger partial charge in [0, 0.05) is 18.4 Å². The van der Waals surface area contributed by atoms with Crippen LogP contribution in [0.2, 0.25) is 0 Å². The molecular formula is C41H44N2O9. The van der Waals surface area contributed by atoms with E-state index < -0.39 is 0 Å². The Balaban J connectivity index is 0.000000166. The van der Waals surface area contributed by atoms with E-state index in [4.69, 9.17) is 24.7 Å². The van der Waals surface area contributed by atoms with E-state index in [9.17, 15) is 19.2 Å². The Morgan fingerprint density at radius 3 is 1.17 bits per heavy atom. The van der Waals surface area contributed by atoms with E-state index in [1.807, 2.05) is 97.1 Å². The molecule has 11 nitrogen and oxygen atoms in total. The molecule has 272 valence electrons. The lowest BCUT2D eigenvalue weighted by atomic mass is 10.1. The fourth-order valence-electron chi connectivity index (χ4n) is 6.84. The average molecular weight is 709 g/mol. The molecule has 0 aromatic heterocycles. The molecule has 4 aromatic carbocycles. The molecule has 4 aliphatic rings. The summed E-state index contributed by atoms with van der Waals surface area (Å²) in [4.78, 5) is 49.2. The standard InChI is InChI=1S/C20H19NO4.C12H10O4.C8H11NO.CH4/c1-24-14-7-3-12(4-8-14)11-21-19(22)17-16(18(17)20(21)23)13-5-9-15(25-2)10-6-13;1-15-7-4-2-6(3-5-7)8-9-10(8)12(14)16-11(9)13;1-10-8-4-2-7(6-9)3-5-8;/h3-10,16-18H,11H2,1-2H3;2-5,8-10H,1H3;2-5H,6,9H2,1H3;1H4/t16?,17-,18+;8?,9-,10+;;. The molecule has 2 N–H and O–H groups in total. The summed E-state index contributed by atoms with van der Waals surface area (Å²) in [7, 11) is 6.47. The lowest BCUT2D eigenvalue weighted by Gasteiger charge is -2.18. The van der Waals surface area contributed by atoms with Crippen LogP contribution in [0.25, 0.3) is 0 Å². The van der Waals surface area contributed by atoms with E-state index in [0.29, 0.717) is 13.1 Å². The first-order chi connectivity index (χ1) is 24.7. The summed E-state index contributed by atoms with van der Waals surface area (Å²) in [5.74, 6) is 1.39. The number of methoxy groups -OCH3 is 4. The van der Waals surface area contributed by atoms with Gasteiger partial charge in [-0.3, -0.25) is 24.1 Å². The highest BCUT2D eigenvalue weighted by atomic mass is 16.6. The maximum Gasteiger partial charge on any atom is 0.318 e. The van der Waals surface area contributed by atoms with E-state index in [1.165, 1.54) is 4.90 Å². The fourth-order valence-corrected chi connectivity index (χ4v) is 6.84. The van der Waals surface area contributed by atoms with Crippen LogP contribution < -0.4 is 24.7 Å². The van der Waals surface area contributed by atoms with Crippen molar-refractivity contribution in [2.24, 2.45) is 29.4 Å². The van der Waals surface area contributed by atoms with Crippen LogP contribution in [0.5, 0.6) is 23.0 Å². The number of fused-ring (bicyclic) bond motifs is 2. The number of nitrogens with two attached hydrogens (primary N) is 1. The maximum atomic E-state index is 12.6. The number of nitrogens with zero attached hydrogens (tertiary/aromatic N) is 1. The molecule has 2 unspecified atom stereocenters. The quantitative estimate of drug-likeness (QED) is 0.135. The third kappa shape index (κ3) is 7.64. The van der Waals surface area contributed by atoms with Gasteiger partial charge in [0.1, 0.15) is 23.0 Å². The summed E-state index contributed by atoms with van der Waals surface area (Å²) in [5, 5.41) is 0. The molecule has 8 rings (SSSR count). The second-order valence-electron chi connectivity index (χ2n) is 12.6. The first-order valence-corrected chi connectivity index (χ1v) is 16.6. The Morgan fingerprint density at radius 1 is 0.500 bits per heavy atom. The number of hydrogen-bond donors (Lipinski definition) is 1. The summed E-state index contributed by atoms with van der Waals surface area (Å²) >= 11 is 0. The number of imide groups is 1. The third-order valence-corrected chi connectivity index (χ3v) is 9.78. The molecule has 6 atom stereocenters. The molecule has 0 bridgehead atoms. The largest absolute Gasteiger partial charge is 0.497 e. The number of esters is 2. The number of cyclic esters (lactones) is 2. The number of benzene rings is 4. The molecule has 11 heteroatoms. The maximum absolute atomic E-state index is 12.6. The summed E-state index contributed by atoms with van der Waals surface area (Å²) in [6.07, 6.45) is 0. The third-order valence-electron chi connectivity index (χ3n) is 9.78. The van der Waals surface area contributed by atoms with Gasteiger partial charge in [-0.15, -0.1) is 0 Å². The Kier molecular flexibility index (Phi) is 11.6. The van der Waals surface area contributed by atoms with E-state index in [0.717, 1.165) is 45.3 Å². The highest BCUT2D eigenvalue weighted by molar-refractivity contribution is 6.10. The van der Waals surface area contributed by atoms with E-state index in [2.05, 4.69) is 4.74 Å². The lowest BCUT2D eigenvalue weighted by Crippen LogP contribution is -2.33. The number of piperidine rings is 1. The molecule has 0 spiro atoms. The molecule has 2 saturated heterocycles. The summed E-state index contributed by atoms with van der Waals surface area (Å²) in [6, 6.07) is 30.2. The van der Waals surface area contributed by atoms with E-state index >= 15 is 0 Å². The summed E-state index contributed by atoms with van der Waals surface area (Å²) in [6.45, 7) is 0.911. The molecule has 2 aliphatic carbocycles. The van der Waals surface area contributed by atoms with Crippen molar-refractivity contribution in [2.45, 2.75) is 32.4 Å². The van der Waals surface area contributed by atoms with Crippen LogP contribution in [-0.4, -0.2) is 57.1 Å². The lowest BCUT2D eigenvalue weighted by molar-refractivity contribution is -0.155. The van der Waals surface area contributed by atoms with Crippen molar-refractivity contribution >= 4 is 23.8 Å². The minimum Gasteiger partial charge on any atom is -0.497 e. The number of likely N-dealkylation sites (tertiary alicyclic amines) is 1. The monoisotopic (exact) mass is 708 g/mol. The first kappa shape index (κ1) is 37.6. The van der Waals surface area contributed by atoms with Crippen molar-refractivity contribution in [1.82, 2.24) is 4.90 Å². The fraction of sp³-hybridized carbons (Fsp3) is 0.317. The molecule has 2 amide bonds. The van der Waals surface area contributed by atoms with Gasteiger partial charge in [0.25, 0.3) is 0 Å². The first-order valence-electron chi connectivity index (χ1n) is 16.6. The second kappa shape index (κ2) is 16.1. The molecule has 0 radical (unpaired) electrons. The Labute approximate surface area is 303 Å². The SMILES string of the molecule is C.COc1ccc(C2[C@H]3C(=O)OC(=O)[C@@H]23)cc1.COc1ccc(CN)cc1.COc1ccc(CN2C(=O)[C@@H]3C(c4ccc(OC)cc4)[C@@H]3C2=O)cc1. The molecule has 2 aliphatic heterocycles. The number of rotatable bonds is 9. The Bertz CT molecular complexity index is 1810. The number of amides is 2. The Hall–Kier alpha value is -5.68. The van der Waals surface area contributed by atoms with Crippen molar-refractivity contribution < 1.29 is 42.9 Å². The molecule has 4 fully saturated rings. The highest BCUT2D eigenvalue weighted by Gasteiger charge is 2.68. The van der Waals surface area contributed by atoms with Gasteiger partial charge in [-0.25, -0.2) is 0 Å². The minimum absolute atomic E-state index is 0. The number of ether oxygens (including phenoxy) is 5. The van der Waals surface area contributed by atoms with Crippen LogP contribution in [0.4, 0.5) is 0 Å². The van der Waals surface area contributed by atoms with Gasteiger partial charge in [-0.1, -0.05) is 56.0 Å². The minimum atomic E-state index is -0.379. The predicted octanol–water partition coefficient (Wildman–Crippen LogP) is 5.50. The topological polar surface area (TPSA) is 144 Å². The number of carbonyl (C=O) groups excluding carboxylic acids is 4. The second-order valence-corrected chi connectivity index (χ2v) is 12.6. The van der Waals surface area contributed by atoms with Crippen molar-refractivity contribution in [3.05, 3.63) is 119 Å². The molecule has 2 heterocycles. The molecule has 2 saturated carbocycles. The molecule has 4 aromatic rings. The van der Waals surface area contributed by atoms with Crippen LogP contribution in [-0.2, 0) is 37.0 Å². The van der Waals surface area contributed by atoms with Crippen molar-refractivity contribution in [3.8, 4) is 23.0 Å². The normalized spacial score (nSPS) is 23.0. The molecular weight excluding hydrogens is 664 g/mol. The van der Waals surface area contributed by atoms with Crippen LogP contribution >= 0.6 is 0 Å². The van der Waals surface area contributed by atoms with Crippen LogP contribution in [0, 0.1) is 23.7 Å². The van der Waals surface area contributed by atoms with Gasteiger partial charge in [0.15, 0.2) is 0 Å². The van der Waals surface area contributed by atoms with Crippen LogP contribution in [0.3, 0.4) is 0 Å². The highest BCUT2D eigenvalue weighted by Crippen LogP contribution is 2.60. The average Bonchev–Trinajstić information content (AvgIpc) is 4.07. The zero-order valence-electron chi connectivity index (χ0n) is 28.8. The van der Waals surface area contributed by atoms with Crippen molar-refractivity contribution in [3.63, 3.8) is 0 Å². The van der Waals surface area contributed by atoms with E-state index in [1.54, 1.807) is 28.4 Å². The van der Waals surface area contributed by atoms with Gasteiger partial charge in [0.05, 0.1) is 58.7 Å². The number of carbonyl (C=O) groups is 4. The zero-order valence-corrected chi connectivity index (χ0v) is 28.8. The van der Waals surface area contributed by atoms with Gasteiger partial charge in [-0.05, 0) is 70.8 Å². The van der Waals surface area contributed by atoms with Crippen LogP contribution in [0.1, 0.15) is 41.5 Å².